The number of hydrogen-bond acceptors (Lipinski definition) is 6. The summed E-state index contributed by atoms with van der Waals surface area (Å²) in [5.41, 5.74) is 2.29. The lowest BCUT2D eigenvalue weighted by atomic mass is 10.1. The molecular formula is C20H15N3O3S2. The van der Waals surface area contributed by atoms with Crippen LogP contribution in [0, 0.1) is 0 Å². The number of aliphatic carboxylic acids is 1. The summed E-state index contributed by atoms with van der Waals surface area (Å²) in [6, 6.07) is 11.5. The summed E-state index contributed by atoms with van der Waals surface area (Å²) in [7, 11) is 0. The Labute approximate surface area is 170 Å². The van der Waals surface area contributed by atoms with E-state index < -0.39 is 5.97 Å². The van der Waals surface area contributed by atoms with Crippen molar-refractivity contribution in [3.8, 4) is 0 Å². The highest BCUT2D eigenvalue weighted by Gasteiger charge is 2.32. The molecule has 1 saturated heterocycles. The molecule has 0 spiro atoms. The largest absolute Gasteiger partial charge is 0.481 e. The van der Waals surface area contributed by atoms with Gasteiger partial charge in [-0.15, -0.1) is 0 Å². The molecule has 1 aromatic carbocycles. The molecule has 3 heterocycles. The second kappa shape index (κ2) is 7.65. The van der Waals surface area contributed by atoms with Crippen LogP contribution in [0.15, 0.2) is 47.5 Å². The third kappa shape index (κ3) is 3.48. The minimum Gasteiger partial charge on any atom is -0.481 e. The number of carbonyl (C=O) groups excluding carboxylic acids is 1. The molecular weight excluding hydrogens is 394 g/mol. The van der Waals surface area contributed by atoms with E-state index in [1.165, 1.54) is 16.7 Å². The van der Waals surface area contributed by atoms with Crippen molar-refractivity contribution in [2.75, 3.05) is 6.54 Å². The van der Waals surface area contributed by atoms with E-state index in [1.807, 2.05) is 36.4 Å². The number of carboxylic acid groups (broad SMARTS) is 1. The van der Waals surface area contributed by atoms with Crippen LogP contribution in [0.4, 0.5) is 0 Å². The molecule has 0 radical (unpaired) electrons. The van der Waals surface area contributed by atoms with Gasteiger partial charge in [0.25, 0.3) is 5.91 Å². The monoisotopic (exact) mass is 409 g/mol. The summed E-state index contributed by atoms with van der Waals surface area (Å²) >= 11 is 6.52. The van der Waals surface area contributed by atoms with Gasteiger partial charge in [-0.3, -0.25) is 19.5 Å². The first-order chi connectivity index (χ1) is 13.5. The van der Waals surface area contributed by atoms with Gasteiger partial charge in [-0.25, -0.2) is 4.98 Å². The van der Waals surface area contributed by atoms with Crippen LogP contribution in [0.3, 0.4) is 0 Å². The minimum atomic E-state index is -0.889. The molecule has 1 fully saturated rings. The van der Waals surface area contributed by atoms with E-state index in [1.54, 1.807) is 12.3 Å². The average Bonchev–Trinajstić information content (AvgIpc) is 2.95. The summed E-state index contributed by atoms with van der Waals surface area (Å²) < 4.78 is 0.435. The standard InChI is InChI=1S/C20H15N3O3S2/c24-17(25)8-4-10-23-19(26)16(28-20(23)27)11-15-13-6-3-9-21-18(13)12-5-1-2-7-14(12)22-15/h1-3,5-7,9,11H,4,8,10H2,(H,24,25). The summed E-state index contributed by atoms with van der Waals surface area (Å²) in [4.78, 5) is 34.6. The molecule has 1 aliphatic heterocycles. The SMILES string of the molecule is O=C(O)CCCN1C(=O)C(=Cc2nc3ccccc3c3ncccc23)SC1=S. The number of fused-ring (bicyclic) bond motifs is 3. The van der Waals surface area contributed by atoms with Crippen LogP contribution >= 0.6 is 24.0 Å². The van der Waals surface area contributed by atoms with Gasteiger partial charge in [0.2, 0.25) is 0 Å². The maximum absolute atomic E-state index is 12.8. The molecule has 4 rings (SSSR count). The number of thioether (sulfide) groups is 1. The Balaban J connectivity index is 1.72. The number of carbonyl (C=O) groups is 2. The van der Waals surface area contributed by atoms with Crippen molar-refractivity contribution in [2.24, 2.45) is 0 Å². The number of hydrogen-bond donors (Lipinski definition) is 1. The maximum atomic E-state index is 12.8. The highest BCUT2D eigenvalue weighted by atomic mass is 32.2. The van der Waals surface area contributed by atoms with E-state index in [9.17, 15) is 9.59 Å². The highest BCUT2D eigenvalue weighted by Crippen LogP contribution is 2.34. The summed E-state index contributed by atoms with van der Waals surface area (Å²) in [5.74, 6) is -1.10. The van der Waals surface area contributed by atoms with Crippen LogP contribution < -0.4 is 0 Å². The van der Waals surface area contributed by atoms with Gasteiger partial charge >= 0.3 is 5.97 Å². The van der Waals surface area contributed by atoms with Crippen molar-refractivity contribution in [2.45, 2.75) is 12.8 Å². The maximum Gasteiger partial charge on any atom is 0.303 e. The van der Waals surface area contributed by atoms with Crippen molar-refractivity contribution >= 4 is 68.1 Å². The van der Waals surface area contributed by atoms with Crippen molar-refractivity contribution < 1.29 is 14.7 Å². The van der Waals surface area contributed by atoms with E-state index >= 15 is 0 Å². The van der Waals surface area contributed by atoms with Crippen LogP contribution in [0.1, 0.15) is 18.5 Å². The zero-order chi connectivity index (χ0) is 19.7. The Morgan fingerprint density at radius 2 is 2.00 bits per heavy atom. The normalized spacial score (nSPS) is 15.9. The van der Waals surface area contributed by atoms with Gasteiger partial charge in [0.05, 0.1) is 21.6 Å². The fraction of sp³-hybridized carbons (Fsp3) is 0.150. The molecule has 140 valence electrons. The fourth-order valence-electron chi connectivity index (χ4n) is 3.10. The van der Waals surface area contributed by atoms with Crippen molar-refractivity contribution in [1.29, 1.82) is 0 Å². The zero-order valence-electron chi connectivity index (χ0n) is 14.7. The van der Waals surface area contributed by atoms with Gasteiger partial charge < -0.3 is 5.11 Å². The number of nitrogens with zero attached hydrogens (tertiary/aromatic N) is 3. The highest BCUT2D eigenvalue weighted by molar-refractivity contribution is 8.26. The van der Waals surface area contributed by atoms with Crippen LogP contribution in [0.25, 0.3) is 27.9 Å². The second-order valence-corrected chi connectivity index (χ2v) is 7.92. The first-order valence-corrected chi connectivity index (χ1v) is 9.88. The van der Waals surface area contributed by atoms with Gasteiger partial charge in [-0.1, -0.05) is 42.2 Å². The van der Waals surface area contributed by atoms with E-state index in [0.29, 0.717) is 27.9 Å². The van der Waals surface area contributed by atoms with E-state index in [-0.39, 0.29) is 12.3 Å². The van der Waals surface area contributed by atoms with Crippen LogP contribution in [-0.4, -0.2) is 42.7 Å². The Hall–Kier alpha value is -2.84. The van der Waals surface area contributed by atoms with Crippen molar-refractivity contribution in [3.63, 3.8) is 0 Å². The molecule has 0 unspecified atom stereocenters. The Bertz CT molecular complexity index is 1160. The molecule has 1 N–H and O–H groups in total. The molecule has 1 aliphatic rings. The first kappa shape index (κ1) is 18.5. The fourth-order valence-corrected chi connectivity index (χ4v) is 4.39. The molecule has 28 heavy (non-hydrogen) atoms. The molecule has 0 saturated carbocycles. The van der Waals surface area contributed by atoms with Gasteiger partial charge in [-0.2, -0.15) is 0 Å². The molecule has 0 bridgehead atoms. The Morgan fingerprint density at radius 1 is 1.21 bits per heavy atom. The Morgan fingerprint density at radius 3 is 2.82 bits per heavy atom. The topological polar surface area (TPSA) is 83.4 Å². The number of aromatic nitrogens is 2. The number of amides is 1. The minimum absolute atomic E-state index is 0.00134. The third-order valence-corrected chi connectivity index (χ3v) is 5.78. The third-order valence-electron chi connectivity index (χ3n) is 4.40. The first-order valence-electron chi connectivity index (χ1n) is 8.65. The molecule has 0 atom stereocenters. The lowest BCUT2D eigenvalue weighted by molar-refractivity contribution is -0.137. The molecule has 6 nitrogen and oxygen atoms in total. The summed E-state index contributed by atoms with van der Waals surface area (Å²) in [5, 5.41) is 10.6. The van der Waals surface area contributed by atoms with Crippen LogP contribution in [0.5, 0.6) is 0 Å². The second-order valence-electron chi connectivity index (χ2n) is 6.24. The smallest absolute Gasteiger partial charge is 0.303 e. The number of thiocarbonyl (C=S) groups is 1. The van der Waals surface area contributed by atoms with E-state index in [0.717, 1.165) is 21.8 Å². The molecule has 2 aromatic heterocycles. The van der Waals surface area contributed by atoms with Gasteiger partial charge in [0.15, 0.2) is 0 Å². The zero-order valence-corrected chi connectivity index (χ0v) is 16.3. The van der Waals surface area contributed by atoms with Gasteiger partial charge in [0, 0.05) is 29.9 Å². The Kier molecular flexibility index (Phi) is 5.06. The number of carboxylic acids is 1. The van der Waals surface area contributed by atoms with Gasteiger partial charge in [-0.05, 0) is 30.7 Å². The molecule has 0 aliphatic carbocycles. The lowest BCUT2D eigenvalue weighted by Gasteiger charge is -2.13. The predicted molar refractivity (Wildman–Crippen MR) is 114 cm³/mol. The van der Waals surface area contributed by atoms with E-state index in [4.69, 9.17) is 22.3 Å². The van der Waals surface area contributed by atoms with Crippen molar-refractivity contribution in [3.05, 3.63) is 53.2 Å². The van der Waals surface area contributed by atoms with E-state index in [2.05, 4.69) is 4.98 Å². The summed E-state index contributed by atoms with van der Waals surface area (Å²) in [6.07, 6.45) is 3.84. The van der Waals surface area contributed by atoms with Crippen LogP contribution in [-0.2, 0) is 9.59 Å². The number of rotatable bonds is 5. The lowest BCUT2D eigenvalue weighted by Crippen LogP contribution is -2.29. The predicted octanol–water partition coefficient (Wildman–Crippen LogP) is 3.85. The molecule has 1 amide bonds. The number of pyridine rings is 2. The molecule has 3 aromatic rings. The van der Waals surface area contributed by atoms with Crippen molar-refractivity contribution in [1.82, 2.24) is 14.9 Å². The number of benzene rings is 1. The number of para-hydroxylation sites is 1. The quantitative estimate of drug-likeness (QED) is 0.389. The summed E-state index contributed by atoms with van der Waals surface area (Å²) in [6.45, 7) is 0.293. The van der Waals surface area contributed by atoms with Crippen LogP contribution in [0.2, 0.25) is 0 Å². The average molecular weight is 409 g/mol. The van der Waals surface area contributed by atoms with Gasteiger partial charge in [0.1, 0.15) is 4.32 Å². The molecule has 8 heteroatoms.